The zero-order valence-corrected chi connectivity index (χ0v) is 10.1. The fourth-order valence-electron chi connectivity index (χ4n) is 1.65. The molecule has 0 saturated heterocycles. The fraction of sp³-hybridized carbons (Fsp3) is 0. The van der Waals surface area contributed by atoms with Gasteiger partial charge in [0.1, 0.15) is 0 Å². The maximum atomic E-state index is 12.0. The molecule has 1 radical (unpaired) electrons. The normalized spacial score (nSPS) is 9.95. The van der Waals surface area contributed by atoms with Crippen molar-refractivity contribution < 1.29 is 14.7 Å². The van der Waals surface area contributed by atoms with Crippen LogP contribution in [-0.2, 0) is 0 Å². The molecule has 2 rings (SSSR count). The van der Waals surface area contributed by atoms with Gasteiger partial charge in [-0.05, 0) is 36.8 Å². The number of anilines is 1. The van der Waals surface area contributed by atoms with Crippen LogP contribution in [0.1, 0.15) is 26.3 Å². The molecule has 19 heavy (non-hydrogen) atoms. The third-order valence-electron chi connectivity index (χ3n) is 2.61. The average molecular weight is 254 g/mol. The van der Waals surface area contributed by atoms with E-state index in [4.69, 9.17) is 5.11 Å². The minimum atomic E-state index is -1.13. The van der Waals surface area contributed by atoms with Gasteiger partial charge in [0.15, 0.2) is 0 Å². The Morgan fingerprint density at radius 1 is 0.947 bits per heavy atom. The maximum Gasteiger partial charge on any atom is 0.336 e. The van der Waals surface area contributed by atoms with E-state index in [1.807, 2.05) is 0 Å². The molecule has 1 amide bonds. The van der Waals surface area contributed by atoms with Gasteiger partial charge in [0, 0.05) is 5.69 Å². The second kappa shape index (κ2) is 5.35. The van der Waals surface area contributed by atoms with Crippen molar-refractivity contribution in [3.8, 4) is 0 Å². The molecule has 0 saturated carbocycles. The summed E-state index contributed by atoms with van der Waals surface area (Å²) < 4.78 is 0. The number of benzene rings is 2. The first-order chi connectivity index (χ1) is 9.08. The molecule has 4 heteroatoms. The number of rotatable bonds is 3. The summed E-state index contributed by atoms with van der Waals surface area (Å²) in [6.45, 7) is 3.75. The van der Waals surface area contributed by atoms with E-state index < -0.39 is 11.9 Å². The molecule has 2 aromatic carbocycles. The van der Waals surface area contributed by atoms with Gasteiger partial charge >= 0.3 is 5.97 Å². The van der Waals surface area contributed by atoms with Crippen molar-refractivity contribution in [1.29, 1.82) is 0 Å². The number of amides is 1. The van der Waals surface area contributed by atoms with Crippen LogP contribution in [0.15, 0.2) is 48.5 Å². The van der Waals surface area contributed by atoms with Crippen molar-refractivity contribution in [1.82, 2.24) is 0 Å². The van der Waals surface area contributed by atoms with E-state index in [-0.39, 0.29) is 11.1 Å². The molecule has 0 aliphatic heterocycles. The lowest BCUT2D eigenvalue weighted by Crippen LogP contribution is -2.16. The predicted molar refractivity (Wildman–Crippen MR) is 72.3 cm³/mol. The highest BCUT2D eigenvalue weighted by Gasteiger charge is 2.15. The Bertz CT molecular complexity index is 618. The molecule has 0 unspecified atom stereocenters. The highest BCUT2D eigenvalue weighted by Crippen LogP contribution is 2.13. The van der Waals surface area contributed by atoms with E-state index in [1.54, 1.807) is 36.4 Å². The molecule has 2 N–H and O–H groups in total. The van der Waals surface area contributed by atoms with E-state index in [0.717, 1.165) is 5.56 Å². The second-order valence-corrected chi connectivity index (χ2v) is 4.00. The molecule has 0 aliphatic carbocycles. The van der Waals surface area contributed by atoms with E-state index in [0.29, 0.717) is 5.69 Å². The lowest BCUT2D eigenvalue weighted by Gasteiger charge is -2.07. The van der Waals surface area contributed by atoms with Gasteiger partial charge in [-0.15, -0.1) is 0 Å². The lowest BCUT2D eigenvalue weighted by atomic mass is 10.1. The average Bonchev–Trinajstić information content (AvgIpc) is 2.41. The monoisotopic (exact) mass is 254 g/mol. The Balaban J connectivity index is 2.25. The standard InChI is InChI=1S/C15H12NO3/c1-10-6-8-11(9-7-10)16-14(17)12-4-2-3-5-13(12)15(18)19/h2-9H,1H2,(H,16,17)(H,18,19). The van der Waals surface area contributed by atoms with Gasteiger partial charge in [-0.2, -0.15) is 0 Å². The summed E-state index contributed by atoms with van der Waals surface area (Å²) in [5.74, 6) is -1.58. The summed E-state index contributed by atoms with van der Waals surface area (Å²) in [6, 6.07) is 13.0. The summed E-state index contributed by atoms with van der Waals surface area (Å²) in [4.78, 5) is 23.1. The number of carboxylic acid groups (broad SMARTS) is 1. The summed E-state index contributed by atoms with van der Waals surface area (Å²) >= 11 is 0. The maximum absolute atomic E-state index is 12.0. The van der Waals surface area contributed by atoms with Gasteiger partial charge in [-0.25, -0.2) is 4.79 Å². The quantitative estimate of drug-likeness (QED) is 0.885. The van der Waals surface area contributed by atoms with E-state index in [1.165, 1.54) is 12.1 Å². The molecule has 0 heterocycles. The zero-order chi connectivity index (χ0) is 13.8. The molecule has 0 aromatic heterocycles. The number of aromatic carboxylic acids is 1. The number of nitrogens with one attached hydrogen (secondary N) is 1. The second-order valence-electron chi connectivity index (χ2n) is 4.00. The predicted octanol–water partition coefficient (Wildman–Crippen LogP) is 2.82. The molecule has 4 nitrogen and oxygen atoms in total. The minimum absolute atomic E-state index is 0.0196. The first-order valence-electron chi connectivity index (χ1n) is 5.63. The van der Waals surface area contributed by atoms with Crippen LogP contribution in [0.5, 0.6) is 0 Å². The third kappa shape index (κ3) is 2.98. The molecule has 0 fully saturated rings. The fourth-order valence-corrected chi connectivity index (χ4v) is 1.65. The molecule has 0 atom stereocenters. The SMILES string of the molecule is [CH2]c1ccc(NC(=O)c2ccccc2C(=O)O)cc1. The summed E-state index contributed by atoms with van der Waals surface area (Å²) in [6.07, 6.45) is 0. The summed E-state index contributed by atoms with van der Waals surface area (Å²) in [5.41, 5.74) is 1.55. The highest BCUT2D eigenvalue weighted by molar-refractivity contribution is 6.10. The number of carbonyl (C=O) groups is 2. The molecule has 95 valence electrons. The number of hydrogen-bond acceptors (Lipinski definition) is 2. The van der Waals surface area contributed by atoms with Crippen LogP contribution < -0.4 is 5.32 Å². The van der Waals surface area contributed by atoms with Gasteiger partial charge in [0.25, 0.3) is 5.91 Å². The Morgan fingerprint density at radius 3 is 2.11 bits per heavy atom. The van der Waals surface area contributed by atoms with Crippen LogP contribution in [0, 0.1) is 6.92 Å². The van der Waals surface area contributed by atoms with Crippen LogP contribution in [0.25, 0.3) is 0 Å². The number of carboxylic acids is 1. The smallest absolute Gasteiger partial charge is 0.336 e. The van der Waals surface area contributed by atoms with Crippen LogP contribution in [-0.4, -0.2) is 17.0 Å². The van der Waals surface area contributed by atoms with Crippen LogP contribution in [0.2, 0.25) is 0 Å². The number of carbonyl (C=O) groups excluding carboxylic acids is 1. The van der Waals surface area contributed by atoms with Gasteiger partial charge in [-0.3, -0.25) is 4.79 Å². The van der Waals surface area contributed by atoms with Crippen molar-refractivity contribution in [3.63, 3.8) is 0 Å². The Morgan fingerprint density at radius 2 is 1.53 bits per heavy atom. The lowest BCUT2D eigenvalue weighted by molar-refractivity contribution is 0.0692. The molecular formula is C15H12NO3. The van der Waals surface area contributed by atoms with Crippen molar-refractivity contribution in [2.75, 3.05) is 5.32 Å². The highest BCUT2D eigenvalue weighted by atomic mass is 16.4. The first kappa shape index (κ1) is 12.8. The van der Waals surface area contributed by atoms with Crippen molar-refractivity contribution in [3.05, 3.63) is 72.1 Å². The van der Waals surface area contributed by atoms with E-state index in [9.17, 15) is 9.59 Å². The number of hydrogen-bond donors (Lipinski definition) is 2. The van der Waals surface area contributed by atoms with Gasteiger partial charge in [-0.1, -0.05) is 24.3 Å². The van der Waals surface area contributed by atoms with Gasteiger partial charge < -0.3 is 10.4 Å². The van der Waals surface area contributed by atoms with Crippen LogP contribution >= 0.6 is 0 Å². The van der Waals surface area contributed by atoms with E-state index in [2.05, 4.69) is 12.2 Å². The third-order valence-corrected chi connectivity index (χ3v) is 2.61. The zero-order valence-electron chi connectivity index (χ0n) is 10.1. The molecule has 0 aliphatic rings. The Hall–Kier alpha value is -2.62. The van der Waals surface area contributed by atoms with E-state index >= 15 is 0 Å². The summed E-state index contributed by atoms with van der Waals surface area (Å²) in [5, 5.41) is 11.7. The van der Waals surface area contributed by atoms with Crippen molar-refractivity contribution in [2.24, 2.45) is 0 Å². The van der Waals surface area contributed by atoms with Crippen LogP contribution in [0.4, 0.5) is 5.69 Å². The van der Waals surface area contributed by atoms with Gasteiger partial charge in [0.2, 0.25) is 0 Å². The van der Waals surface area contributed by atoms with Crippen molar-refractivity contribution in [2.45, 2.75) is 0 Å². The van der Waals surface area contributed by atoms with Crippen LogP contribution in [0.3, 0.4) is 0 Å². The Kier molecular flexibility index (Phi) is 3.61. The van der Waals surface area contributed by atoms with Crippen molar-refractivity contribution >= 4 is 17.6 Å². The molecule has 0 bridgehead atoms. The summed E-state index contributed by atoms with van der Waals surface area (Å²) in [7, 11) is 0. The Labute approximate surface area is 110 Å². The largest absolute Gasteiger partial charge is 0.478 e. The van der Waals surface area contributed by atoms with Gasteiger partial charge in [0.05, 0.1) is 11.1 Å². The first-order valence-corrected chi connectivity index (χ1v) is 5.63. The minimum Gasteiger partial charge on any atom is -0.478 e. The molecular weight excluding hydrogens is 242 g/mol. The topological polar surface area (TPSA) is 66.4 Å². The molecule has 0 spiro atoms. The molecule has 2 aromatic rings.